The van der Waals surface area contributed by atoms with E-state index in [9.17, 15) is 13.2 Å². The van der Waals surface area contributed by atoms with Crippen LogP contribution in [-0.4, -0.2) is 51.9 Å². The van der Waals surface area contributed by atoms with Crippen LogP contribution < -0.4 is 9.62 Å². The predicted molar refractivity (Wildman–Crippen MR) is 129 cm³/mol. The lowest BCUT2D eigenvalue weighted by Crippen LogP contribution is -2.42. The summed E-state index contributed by atoms with van der Waals surface area (Å²) >= 11 is 0. The number of amides is 1. The molecule has 2 aromatic rings. The van der Waals surface area contributed by atoms with E-state index in [1.54, 1.807) is 36.4 Å². The molecule has 1 amide bonds. The zero-order chi connectivity index (χ0) is 23.0. The number of benzene rings is 2. The number of carbonyl (C=O) groups is 1. The van der Waals surface area contributed by atoms with Gasteiger partial charge in [-0.1, -0.05) is 48.7 Å². The molecule has 1 fully saturated rings. The SMILES string of the molecule is Cc1ccc(N(CC(=O)NCCCN2CCCCCC2)S(=O)(=O)c2ccccc2)c(C)c1. The summed E-state index contributed by atoms with van der Waals surface area (Å²) in [5, 5.41) is 2.92. The molecule has 1 heterocycles. The Labute approximate surface area is 192 Å². The quantitative estimate of drug-likeness (QED) is 0.580. The zero-order valence-corrected chi connectivity index (χ0v) is 20.0. The van der Waals surface area contributed by atoms with E-state index in [1.165, 1.54) is 30.0 Å². The van der Waals surface area contributed by atoms with Gasteiger partial charge in [0.15, 0.2) is 0 Å². The van der Waals surface area contributed by atoms with Crippen molar-refractivity contribution in [1.82, 2.24) is 10.2 Å². The first-order valence-corrected chi connectivity index (χ1v) is 13.0. The lowest BCUT2D eigenvalue weighted by Gasteiger charge is -2.26. The van der Waals surface area contributed by atoms with Crippen molar-refractivity contribution in [3.8, 4) is 0 Å². The second kappa shape index (κ2) is 11.5. The van der Waals surface area contributed by atoms with Crippen LogP contribution in [-0.2, 0) is 14.8 Å². The number of anilines is 1. The Morgan fingerprint density at radius 1 is 1.00 bits per heavy atom. The van der Waals surface area contributed by atoms with Crippen LogP contribution in [0.5, 0.6) is 0 Å². The molecule has 1 aliphatic heterocycles. The molecule has 32 heavy (non-hydrogen) atoms. The number of likely N-dealkylation sites (tertiary alicyclic amines) is 1. The normalized spacial score (nSPS) is 15.2. The molecule has 6 nitrogen and oxygen atoms in total. The fraction of sp³-hybridized carbons (Fsp3) is 0.480. The van der Waals surface area contributed by atoms with Gasteiger partial charge in [0, 0.05) is 6.54 Å². The van der Waals surface area contributed by atoms with Gasteiger partial charge in [-0.25, -0.2) is 8.42 Å². The van der Waals surface area contributed by atoms with Crippen molar-refractivity contribution < 1.29 is 13.2 Å². The van der Waals surface area contributed by atoms with Crippen LogP contribution in [0.3, 0.4) is 0 Å². The Morgan fingerprint density at radius 2 is 1.69 bits per heavy atom. The summed E-state index contributed by atoms with van der Waals surface area (Å²) in [7, 11) is -3.87. The average molecular weight is 458 g/mol. The van der Waals surface area contributed by atoms with Crippen molar-refractivity contribution >= 4 is 21.6 Å². The molecular weight excluding hydrogens is 422 g/mol. The van der Waals surface area contributed by atoms with E-state index in [2.05, 4.69) is 10.2 Å². The molecule has 1 saturated heterocycles. The molecule has 2 aromatic carbocycles. The molecule has 0 atom stereocenters. The number of nitrogens with one attached hydrogen (secondary N) is 1. The third-order valence-electron chi connectivity index (χ3n) is 5.91. The number of rotatable bonds is 9. The third kappa shape index (κ3) is 6.56. The van der Waals surface area contributed by atoms with Gasteiger partial charge in [-0.15, -0.1) is 0 Å². The van der Waals surface area contributed by atoms with E-state index in [-0.39, 0.29) is 17.3 Å². The number of hydrogen-bond donors (Lipinski definition) is 1. The summed E-state index contributed by atoms with van der Waals surface area (Å²) in [6.07, 6.45) is 5.96. The second-order valence-corrected chi connectivity index (χ2v) is 10.4. The lowest BCUT2D eigenvalue weighted by atomic mass is 10.1. The van der Waals surface area contributed by atoms with Crippen LogP contribution in [0, 0.1) is 13.8 Å². The van der Waals surface area contributed by atoms with E-state index < -0.39 is 10.0 Å². The van der Waals surface area contributed by atoms with Crippen molar-refractivity contribution in [1.29, 1.82) is 0 Å². The maximum Gasteiger partial charge on any atom is 0.264 e. The summed E-state index contributed by atoms with van der Waals surface area (Å²) in [6.45, 7) is 7.35. The Bertz CT molecular complexity index is 985. The molecule has 0 spiro atoms. The summed E-state index contributed by atoms with van der Waals surface area (Å²) in [5.41, 5.74) is 2.39. The van der Waals surface area contributed by atoms with Gasteiger partial charge in [0.05, 0.1) is 10.6 Å². The van der Waals surface area contributed by atoms with Gasteiger partial charge in [0.25, 0.3) is 10.0 Å². The van der Waals surface area contributed by atoms with Gasteiger partial charge in [0.1, 0.15) is 6.54 Å². The molecule has 0 bridgehead atoms. The summed E-state index contributed by atoms with van der Waals surface area (Å²) < 4.78 is 28.1. The molecule has 0 aromatic heterocycles. The number of sulfonamides is 1. The predicted octanol–water partition coefficient (Wildman–Crippen LogP) is 3.88. The first kappa shape index (κ1) is 24.3. The van der Waals surface area contributed by atoms with Gasteiger partial charge in [-0.2, -0.15) is 0 Å². The highest BCUT2D eigenvalue weighted by molar-refractivity contribution is 7.92. The molecule has 0 aliphatic carbocycles. The fourth-order valence-electron chi connectivity index (χ4n) is 4.18. The summed E-state index contributed by atoms with van der Waals surface area (Å²) in [4.78, 5) is 15.4. The van der Waals surface area contributed by atoms with Crippen LogP contribution in [0.15, 0.2) is 53.4 Å². The molecule has 0 unspecified atom stereocenters. The van der Waals surface area contributed by atoms with Crippen LogP contribution >= 0.6 is 0 Å². The van der Waals surface area contributed by atoms with E-state index in [0.29, 0.717) is 12.2 Å². The molecule has 1 N–H and O–H groups in total. The first-order valence-electron chi connectivity index (χ1n) is 11.5. The van der Waals surface area contributed by atoms with Crippen LogP contribution in [0.25, 0.3) is 0 Å². The van der Waals surface area contributed by atoms with E-state index >= 15 is 0 Å². The fourth-order valence-corrected chi connectivity index (χ4v) is 5.69. The molecule has 0 radical (unpaired) electrons. The van der Waals surface area contributed by atoms with Crippen molar-refractivity contribution in [2.45, 2.75) is 50.8 Å². The highest BCUT2D eigenvalue weighted by Crippen LogP contribution is 2.27. The second-order valence-electron chi connectivity index (χ2n) is 8.57. The van der Waals surface area contributed by atoms with E-state index in [4.69, 9.17) is 0 Å². The van der Waals surface area contributed by atoms with Gasteiger partial charge in [-0.05, 0) is 76.5 Å². The number of hydrogen-bond acceptors (Lipinski definition) is 4. The molecule has 0 saturated carbocycles. The minimum absolute atomic E-state index is 0.175. The Balaban J connectivity index is 1.68. The van der Waals surface area contributed by atoms with Gasteiger partial charge < -0.3 is 10.2 Å². The largest absolute Gasteiger partial charge is 0.354 e. The van der Waals surface area contributed by atoms with Gasteiger partial charge >= 0.3 is 0 Å². The maximum absolute atomic E-state index is 13.4. The summed E-state index contributed by atoms with van der Waals surface area (Å²) in [5.74, 6) is -0.291. The van der Waals surface area contributed by atoms with Crippen LogP contribution in [0.4, 0.5) is 5.69 Å². The smallest absolute Gasteiger partial charge is 0.264 e. The Kier molecular flexibility index (Phi) is 8.70. The van der Waals surface area contributed by atoms with Gasteiger partial charge in [-0.3, -0.25) is 9.10 Å². The number of carbonyl (C=O) groups excluding carboxylic acids is 1. The monoisotopic (exact) mass is 457 g/mol. The minimum atomic E-state index is -3.87. The van der Waals surface area contributed by atoms with Crippen molar-refractivity contribution in [2.75, 3.05) is 37.0 Å². The highest BCUT2D eigenvalue weighted by atomic mass is 32.2. The number of aryl methyl sites for hydroxylation is 2. The molecular formula is C25H35N3O3S. The van der Waals surface area contributed by atoms with Crippen molar-refractivity contribution in [2.24, 2.45) is 0 Å². The zero-order valence-electron chi connectivity index (χ0n) is 19.2. The van der Waals surface area contributed by atoms with E-state index in [0.717, 1.165) is 37.2 Å². The molecule has 7 heteroatoms. The van der Waals surface area contributed by atoms with Crippen molar-refractivity contribution in [3.63, 3.8) is 0 Å². The Morgan fingerprint density at radius 3 is 2.34 bits per heavy atom. The van der Waals surface area contributed by atoms with Gasteiger partial charge in [0.2, 0.25) is 5.91 Å². The average Bonchev–Trinajstić information content (AvgIpc) is 3.05. The minimum Gasteiger partial charge on any atom is -0.354 e. The molecule has 174 valence electrons. The summed E-state index contributed by atoms with van der Waals surface area (Å²) in [6, 6.07) is 13.9. The van der Waals surface area contributed by atoms with Crippen LogP contribution in [0.1, 0.15) is 43.2 Å². The maximum atomic E-state index is 13.4. The topological polar surface area (TPSA) is 69.7 Å². The standard InChI is InChI=1S/C25H35N3O3S/c1-21-13-14-24(22(2)19-21)28(32(30,31)23-11-6-5-7-12-23)20-25(29)26-15-10-18-27-16-8-3-4-9-17-27/h5-7,11-14,19H,3-4,8-10,15-18,20H2,1-2H3,(H,26,29). The van der Waals surface area contributed by atoms with Crippen LogP contribution in [0.2, 0.25) is 0 Å². The van der Waals surface area contributed by atoms with Crippen molar-refractivity contribution in [3.05, 3.63) is 59.7 Å². The van der Waals surface area contributed by atoms with E-state index in [1.807, 2.05) is 26.0 Å². The highest BCUT2D eigenvalue weighted by Gasteiger charge is 2.28. The third-order valence-corrected chi connectivity index (χ3v) is 7.69. The first-order chi connectivity index (χ1) is 15.4. The lowest BCUT2D eigenvalue weighted by molar-refractivity contribution is -0.119. The Hall–Kier alpha value is -2.38. The molecule has 3 rings (SSSR count). The molecule has 1 aliphatic rings. The number of nitrogens with zero attached hydrogens (tertiary/aromatic N) is 2.